The molecule has 0 unspecified atom stereocenters. The second-order valence-electron chi connectivity index (χ2n) is 7.20. The van der Waals surface area contributed by atoms with E-state index in [4.69, 9.17) is 11.6 Å². The van der Waals surface area contributed by atoms with Crippen molar-refractivity contribution in [3.63, 3.8) is 0 Å². The smallest absolute Gasteiger partial charge is 0.130 e. The van der Waals surface area contributed by atoms with Gasteiger partial charge in [-0.1, -0.05) is 77.2 Å². The quantitative estimate of drug-likeness (QED) is 0.587. The Bertz CT molecular complexity index is 672. The summed E-state index contributed by atoms with van der Waals surface area (Å²) in [4.78, 5) is 0. The van der Waals surface area contributed by atoms with Gasteiger partial charge in [-0.2, -0.15) is 0 Å². The fourth-order valence-electron chi connectivity index (χ4n) is 2.77. The lowest BCUT2D eigenvalue weighted by atomic mass is 10.1. The highest BCUT2D eigenvalue weighted by Gasteiger charge is 2.22. The number of halogens is 1. The van der Waals surface area contributed by atoms with Crippen molar-refractivity contribution in [2.75, 3.05) is 5.50 Å². The number of rotatable bonds is 4. The van der Waals surface area contributed by atoms with E-state index in [0.29, 0.717) is 0 Å². The number of benzene rings is 2. The second-order valence-corrected chi connectivity index (χ2v) is 15.4. The highest BCUT2D eigenvalue weighted by molar-refractivity contribution is 6.92. The van der Waals surface area contributed by atoms with E-state index in [0.717, 1.165) is 5.50 Å². The van der Waals surface area contributed by atoms with Gasteiger partial charge in [0.25, 0.3) is 0 Å². The van der Waals surface area contributed by atoms with E-state index in [1.807, 2.05) is 0 Å². The van der Waals surface area contributed by atoms with Gasteiger partial charge in [-0.15, -0.1) is 11.6 Å². The van der Waals surface area contributed by atoms with Crippen LogP contribution < -0.4 is 15.6 Å². The van der Waals surface area contributed by atoms with Crippen molar-refractivity contribution in [1.29, 1.82) is 0 Å². The maximum atomic E-state index is 6.44. The van der Waals surface area contributed by atoms with Gasteiger partial charge in [0.2, 0.25) is 0 Å². The molecule has 0 amide bonds. The zero-order valence-corrected chi connectivity index (χ0v) is 17.3. The summed E-state index contributed by atoms with van der Waals surface area (Å²) in [7, 11) is -2.21. The summed E-state index contributed by atoms with van der Waals surface area (Å²) in [6.07, 6.45) is 0. The first-order valence-electron chi connectivity index (χ1n) is 7.85. The van der Waals surface area contributed by atoms with E-state index in [2.05, 4.69) is 76.8 Å². The number of aryl methyl sites for hydroxylation is 2. The van der Waals surface area contributed by atoms with Gasteiger partial charge in [-0.25, -0.2) is 0 Å². The molecule has 0 aromatic heterocycles. The second kappa shape index (κ2) is 6.73. The molecule has 2 aromatic carbocycles. The summed E-state index contributed by atoms with van der Waals surface area (Å²) in [6.45, 7) is 13.9. The van der Waals surface area contributed by atoms with Crippen LogP contribution in [-0.2, 0) is 0 Å². The summed E-state index contributed by atoms with van der Waals surface area (Å²) in [6, 6.07) is 13.8. The fourth-order valence-corrected chi connectivity index (χ4v) is 7.35. The van der Waals surface area contributed by atoms with Crippen LogP contribution in [-0.4, -0.2) is 22.4 Å². The molecule has 0 aliphatic heterocycles. The first kappa shape index (κ1) is 17.5. The van der Waals surface area contributed by atoms with Gasteiger partial charge in [0.05, 0.1) is 8.07 Å². The molecule has 0 spiro atoms. The topological polar surface area (TPSA) is 0 Å². The van der Waals surface area contributed by atoms with E-state index in [1.54, 1.807) is 5.19 Å². The van der Waals surface area contributed by atoms with E-state index < -0.39 is 16.9 Å². The molecule has 0 saturated heterocycles. The van der Waals surface area contributed by atoms with Crippen LogP contribution in [0.25, 0.3) is 0 Å². The molecule has 2 aromatic rings. The van der Waals surface area contributed by atoms with Crippen molar-refractivity contribution >= 4 is 44.0 Å². The molecule has 0 aliphatic carbocycles. The third kappa shape index (κ3) is 3.73. The molecule has 0 N–H and O–H groups in total. The first-order chi connectivity index (χ1) is 10.2. The third-order valence-electron chi connectivity index (χ3n) is 4.36. The molecule has 0 heterocycles. The maximum absolute atomic E-state index is 6.44. The van der Waals surface area contributed by atoms with Gasteiger partial charge in [0.1, 0.15) is 8.80 Å². The summed E-state index contributed by atoms with van der Waals surface area (Å²) >= 11 is 6.44. The lowest BCUT2D eigenvalue weighted by Gasteiger charge is -2.22. The van der Waals surface area contributed by atoms with Crippen LogP contribution >= 0.6 is 11.6 Å². The molecule has 0 nitrogen and oxygen atoms in total. The molecule has 0 aliphatic rings. The zero-order chi connectivity index (χ0) is 16.5. The Hall–Kier alpha value is -0.836. The Morgan fingerprint density at radius 1 is 1.00 bits per heavy atom. The van der Waals surface area contributed by atoms with Crippen LogP contribution in [0, 0.1) is 20.8 Å². The first-order valence-corrected chi connectivity index (χ1v) is 13.6. The van der Waals surface area contributed by atoms with Crippen molar-refractivity contribution < 1.29 is 0 Å². The number of hydrogen-bond acceptors (Lipinski definition) is 0. The van der Waals surface area contributed by atoms with Crippen molar-refractivity contribution in [2.45, 2.75) is 40.4 Å². The van der Waals surface area contributed by atoms with Crippen molar-refractivity contribution in [2.24, 2.45) is 0 Å². The van der Waals surface area contributed by atoms with E-state index in [9.17, 15) is 0 Å². The van der Waals surface area contributed by atoms with Gasteiger partial charge in [0.15, 0.2) is 0 Å². The normalized spacial score (nSPS) is 12.0. The Kier molecular flexibility index (Phi) is 5.36. The minimum Gasteiger partial charge on any atom is -0.130 e. The minimum absolute atomic E-state index is 0.726. The molecule has 3 heteroatoms. The summed E-state index contributed by atoms with van der Waals surface area (Å²) in [5.74, 6) is 0. The van der Waals surface area contributed by atoms with Crippen molar-refractivity contribution in [3.8, 4) is 0 Å². The molecule has 117 valence electrons. The number of hydrogen-bond donors (Lipinski definition) is 0. The Morgan fingerprint density at radius 2 is 1.68 bits per heavy atom. The molecular weight excluding hydrogens is 320 g/mol. The van der Waals surface area contributed by atoms with Gasteiger partial charge in [0, 0.05) is 5.50 Å². The predicted molar refractivity (Wildman–Crippen MR) is 106 cm³/mol. The molecule has 0 bridgehead atoms. The molecule has 0 saturated carbocycles. The highest BCUT2D eigenvalue weighted by atomic mass is 35.5. The average Bonchev–Trinajstić information content (AvgIpc) is 2.43. The van der Waals surface area contributed by atoms with Crippen LogP contribution in [0.5, 0.6) is 0 Å². The molecule has 0 atom stereocenters. The molecular formula is C19H26ClSi2. The molecule has 2 rings (SSSR count). The summed E-state index contributed by atoms with van der Waals surface area (Å²) in [5, 5.41) is 4.47. The van der Waals surface area contributed by atoms with Crippen LogP contribution in [0.4, 0.5) is 0 Å². The SMILES string of the molecule is Cc1cc([Si](CCl)c2cccc(C)c2C)cc([Si](C)(C)C)c1. The monoisotopic (exact) mass is 345 g/mol. The Labute approximate surface area is 143 Å². The largest absolute Gasteiger partial charge is 0.136 e. The predicted octanol–water partition coefficient (Wildman–Crippen LogP) is 3.54. The van der Waals surface area contributed by atoms with Crippen LogP contribution in [0.1, 0.15) is 16.7 Å². The number of alkyl halides is 1. The third-order valence-corrected chi connectivity index (χ3v) is 9.62. The van der Waals surface area contributed by atoms with Gasteiger partial charge in [-0.05, 0) is 31.9 Å². The molecule has 1 radical (unpaired) electrons. The Morgan fingerprint density at radius 3 is 2.27 bits per heavy atom. The van der Waals surface area contributed by atoms with Gasteiger partial charge >= 0.3 is 0 Å². The van der Waals surface area contributed by atoms with Crippen LogP contribution in [0.15, 0.2) is 36.4 Å². The van der Waals surface area contributed by atoms with Crippen LogP contribution in [0.3, 0.4) is 0 Å². The fraction of sp³-hybridized carbons (Fsp3) is 0.368. The molecule has 22 heavy (non-hydrogen) atoms. The van der Waals surface area contributed by atoms with Gasteiger partial charge in [-0.3, -0.25) is 0 Å². The van der Waals surface area contributed by atoms with E-state index >= 15 is 0 Å². The van der Waals surface area contributed by atoms with Gasteiger partial charge < -0.3 is 0 Å². The Balaban J connectivity index is 2.57. The molecule has 0 fully saturated rings. The summed E-state index contributed by atoms with van der Waals surface area (Å²) < 4.78 is 0. The van der Waals surface area contributed by atoms with Crippen LogP contribution in [0.2, 0.25) is 19.6 Å². The van der Waals surface area contributed by atoms with Crippen molar-refractivity contribution in [3.05, 3.63) is 53.1 Å². The lowest BCUT2D eigenvalue weighted by Crippen LogP contribution is -2.49. The van der Waals surface area contributed by atoms with E-state index in [-0.39, 0.29) is 0 Å². The standard InChI is InChI=1S/C19H26ClSi2/c1-14-10-17(12-18(11-14)22(4,5)6)21(13-20)19-9-7-8-15(2)16(19)3/h7-12H,13H2,1-6H3. The van der Waals surface area contributed by atoms with E-state index in [1.165, 1.54) is 27.1 Å². The average molecular weight is 346 g/mol. The summed E-state index contributed by atoms with van der Waals surface area (Å²) in [5.41, 5.74) is 4.87. The van der Waals surface area contributed by atoms with Crippen molar-refractivity contribution in [1.82, 2.24) is 0 Å². The zero-order valence-electron chi connectivity index (χ0n) is 14.5. The highest BCUT2D eigenvalue weighted by Crippen LogP contribution is 2.08. The minimum atomic E-state index is -1.31. The lowest BCUT2D eigenvalue weighted by molar-refractivity contribution is 1.36. The maximum Gasteiger partial charge on any atom is 0.136 e.